The van der Waals surface area contributed by atoms with Crippen LogP contribution >= 0.6 is 23.2 Å². The van der Waals surface area contributed by atoms with Crippen LogP contribution in [0.4, 0.5) is 4.39 Å². The third-order valence-electron chi connectivity index (χ3n) is 2.20. The van der Waals surface area contributed by atoms with E-state index in [2.05, 4.69) is 4.72 Å². The Labute approximate surface area is 115 Å². The fourth-order valence-corrected chi connectivity index (χ4v) is 3.25. The van der Waals surface area contributed by atoms with Crippen molar-refractivity contribution in [1.82, 2.24) is 4.72 Å². The lowest BCUT2D eigenvalue weighted by Gasteiger charge is -2.11. The average molecular weight is 316 g/mol. The van der Waals surface area contributed by atoms with Gasteiger partial charge in [-0.1, -0.05) is 23.2 Å². The van der Waals surface area contributed by atoms with E-state index >= 15 is 0 Å². The summed E-state index contributed by atoms with van der Waals surface area (Å²) in [7, 11) is -3.83. The highest BCUT2D eigenvalue weighted by Gasteiger charge is 2.20. The van der Waals surface area contributed by atoms with Gasteiger partial charge in [0.1, 0.15) is 4.90 Å². The number of hydrogen-bond acceptors (Lipinski definition) is 3. The minimum Gasteiger partial charge on any atom is -0.392 e. The van der Waals surface area contributed by atoms with Crippen molar-refractivity contribution in [1.29, 1.82) is 0 Å². The Balaban J connectivity index is 3.10. The van der Waals surface area contributed by atoms with E-state index in [0.29, 0.717) is 0 Å². The van der Waals surface area contributed by atoms with Gasteiger partial charge in [-0.05, 0) is 18.6 Å². The number of sulfonamides is 1. The molecule has 0 heterocycles. The van der Waals surface area contributed by atoms with Crippen LogP contribution in [0.15, 0.2) is 17.0 Å². The second-order valence-corrected chi connectivity index (χ2v) is 5.96. The summed E-state index contributed by atoms with van der Waals surface area (Å²) in [5, 5.41) is 9.13. The van der Waals surface area contributed by atoms with Crippen LogP contribution in [0.1, 0.15) is 12.0 Å². The Morgan fingerprint density at radius 2 is 2.00 bits per heavy atom. The quantitative estimate of drug-likeness (QED) is 0.790. The maximum atomic E-state index is 11.9. The van der Waals surface area contributed by atoms with Gasteiger partial charge in [0.05, 0.1) is 18.3 Å². The van der Waals surface area contributed by atoms with Crippen LogP contribution in [-0.4, -0.2) is 26.7 Å². The highest BCUT2D eigenvalue weighted by molar-refractivity contribution is 7.89. The van der Waals surface area contributed by atoms with E-state index in [0.717, 1.165) is 0 Å². The van der Waals surface area contributed by atoms with Crippen molar-refractivity contribution in [2.24, 2.45) is 0 Å². The van der Waals surface area contributed by atoms with Gasteiger partial charge >= 0.3 is 0 Å². The van der Waals surface area contributed by atoms with Gasteiger partial charge in [0.15, 0.2) is 0 Å². The first kappa shape index (κ1) is 15.7. The molecule has 102 valence electrons. The summed E-state index contributed by atoms with van der Waals surface area (Å²) < 4.78 is 37.9. The van der Waals surface area contributed by atoms with Crippen molar-refractivity contribution in [3.63, 3.8) is 0 Å². The maximum absolute atomic E-state index is 11.9. The van der Waals surface area contributed by atoms with Crippen LogP contribution in [0, 0.1) is 0 Å². The van der Waals surface area contributed by atoms with E-state index in [4.69, 9.17) is 28.3 Å². The summed E-state index contributed by atoms with van der Waals surface area (Å²) in [6, 6.07) is 2.57. The summed E-state index contributed by atoms with van der Waals surface area (Å²) >= 11 is 11.6. The highest BCUT2D eigenvalue weighted by atomic mass is 35.5. The second-order valence-electron chi connectivity index (χ2n) is 3.44. The topological polar surface area (TPSA) is 66.4 Å². The number of benzene rings is 1. The van der Waals surface area contributed by atoms with Crippen molar-refractivity contribution in [2.45, 2.75) is 17.9 Å². The normalized spacial score (nSPS) is 11.8. The molecule has 0 atom stereocenters. The number of aliphatic hydroxyl groups is 1. The van der Waals surface area contributed by atoms with E-state index in [1.54, 1.807) is 0 Å². The maximum Gasteiger partial charge on any atom is 0.242 e. The van der Waals surface area contributed by atoms with Crippen LogP contribution in [0.3, 0.4) is 0 Å². The molecule has 0 spiro atoms. The van der Waals surface area contributed by atoms with Gasteiger partial charge in [0.2, 0.25) is 10.0 Å². The van der Waals surface area contributed by atoms with Gasteiger partial charge in [-0.15, -0.1) is 0 Å². The summed E-state index contributed by atoms with van der Waals surface area (Å²) in [4.78, 5) is -0.184. The molecular weight excluding hydrogens is 304 g/mol. The predicted molar refractivity (Wildman–Crippen MR) is 68.2 cm³/mol. The van der Waals surface area contributed by atoms with E-state index in [1.165, 1.54) is 12.1 Å². The zero-order valence-corrected chi connectivity index (χ0v) is 11.6. The Kier molecular flexibility index (Phi) is 5.81. The summed E-state index contributed by atoms with van der Waals surface area (Å²) in [5.74, 6) is 0. The van der Waals surface area contributed by atoms with Gasteiger partial charge in [-0.2, -0.15) is 0 Å². The van der Waals surface area contributed by atoms with Crippen molar-refractivity contribution in [2.75, 3.05) is 13.2 Å². The molecule has 2 N–H and O–H groups in total. The average Bonchev–Trinajstić information content (AvgIpc) is 2.29. The molecular formula is C10H12Cl2FNO3S. The molecule has 4 nitrogen and oxygen atoms in total. The fraction of sp³-hybridized carbons (Fsp3) is 0.400. The molecule has 8 heteroatoms. The molecule has 0 radical (unpaired) electrons. The number of nitrogens with one attached hydrogen (secondary N) is 1. The SMILES string of the molecule is O=S(=O)(NCCCF)c1ccc(Cl)c(CO)c1Cl. The molecule has 0 aromatic heterocycles. The van der Waals surface area contributed by atoms with E-state index < -0.39 is 23.3 Å². The van der Waals surface area contributed by atoms with Gasteiger partial charge in [-0.25, -0.2) is 13.1 Å². The summed E-state index contributed by atoms with van der Waals surface area (Å²) in [6.45, 7) is -1.10. The zero-order chi connectivity index (χ0) is 13.8. The molecule has 0 fully saturated rings. The van der Waals surface area contributed by atoms with Crippen LogP contribution in [0.5, 0.6) is 0 Å². The minimum absolute atomic E-state index is 0.0216. The third kappa shape index (κ3) is 3.55. The molecule has 1 aromatic carbocycles. The second kappa shape index (κ2) is 6.68. The molecule has 0 aliphatic rings. The molecule has 18 heavy (non-hydrogen) atoms. The molecule has 1 rings (SSSR count). The molecule has 0 amide bonds. The van der Waals surface area contributed by atoms with Crippen LogP contribution in [0.25, 0.3) is 0 Å². The van der Waals surface area contributed by atoms with Crippen molar-refractivity contribution >= 4 is 33.2 Å². The monoisotopic (exact) mass is 315 g/mol. The smallest absolute Gasteiger partial charge is 0.242 e. The molecule has 0 bridgehead atoms. The number of alkyl halides is 1. The van der Waals surface area contributed by atoms with Crippen molar-refractivity contribution < 1.29 is 17.9 Å². The van der Waals surface area contributed by atoms with Crippen molar-refractivity contribution in [3.05, 3.63) is 27.7 Å². The van der Waals surface area contributed by atoms with Gasteiger partial charge in [0.25, 0.3) is 0 Å². The van der Waals surface area contributed by atoms with E-state index in [1.807, 2.05) is 0 Å². The molecule has 0 saturated carbocycles. The number of halogens is 3. The molecule has 0 saturated heterocycles. The van der Waals surface area contributed by atoms with Gasteiger partial charge in [-0.3, -0.25) is 4.39 Å². The Morgan fingerprint density at radius 3 is 2.56 bits per heavy atom. The molecule has 0 aliphatic heterocycles. The zero-order valence-electron chi connectivity index (χ0n) is 9.29. The molecule has 1 aromatic rings. The summed E-state index contributed by atoms with van der Waals surface area (Å²) in [5.41, 5.74) is 0.145. The van der Waals surface area contributed by atoms with Crippen LogP contribution in [-0.2, 0) is 16.6 Å². The lowest BCUT2D eigenvalue weighted by atomic mass is 10.2. The first-order chi connectivity index (χ1) is 8.44. The predicted octanol–water partition coefficient (Wildman–Crippen LogP) is 2.12. The Morgan fingerprint density at radius 1 is 1.33 bits per heavy atom. The third-order valence-corrected chi connectivity index (χ3v) is 4.60. The first-order valence-electron chi connectivity index (χ1n) is 5.07. The van der Waals surface area contributed by atoms with Crippen LogP contribution < -0.4 is 4.72 Å². The lowest BCUT2D eigenvalue weighted by Crippen LogP contribution is -2.25. The Bertz CT molecular complexity index is 522. The molecule has 0 aliphatic carbocycles. The summed E-state index contributed by atoms with van der Waals surface area (Å²) in [6.07, 6.45) is 0.0807. The fourth-order valence-electron chi connectivity index (χ4n) is 1.28. The van der Waals surface area contributed by atoms with E-state index in [9.17, 15) is 12.8 Å². The van der Waals surface area contributed by atoms with Gasteiger partial charge in [0, 0.05) is 17.1 Å². The number of rotatable bonds is 6. The number of hydrogen-bond donors (Lipinski definition) is 2. The minimum atomic E-state index is -3.83. The number of aliphatic hydroxyl groups excluding tert-OH is 1. The van der Waals surface area contributed by atoms with E-state index in [-0.39, 0.29) is 33.5 Å². The van der Waals surface area contributed by atoms with Gasteiger partial charge < -0.3 is 5.11 Å². The van der Waals surface area contributed by atoms with Crippen LogP contribution in [0.2, 0.25) is 10.0 Å². The molecule has 0 unspecified atom stereocenters. The lowest BCUT2D eigenvalue weighted by molar-refractivity contribution is 0.281. The standard InChI is InChI=1S/C10H12Cl2FNO3S/c11-8-2-3-9(10(12)7(8)6-15)18(16,17)14-5-1-4-13/h2-3,14-15H,1,4-6H2. The highest BCUT2D eigenvalue weighted by Crippen LogP contribution is 2.30. The van der Waals surface area contributed by atoms with Crippen molar-refractivity contribution in [3.8, 4) is 0 Å². The largest absolute Gasteiger partial charge is 0.392 e. The Hall–Kier alpha value is -0.400. The first-order valence-corrected chi connectivity index (χ1v) is 7.31.